The maximum atomic E-state index is 6.09. The molecule has 2 aliphatic rings. The zero-order valence-electron chi connectivity index (χ0n) is 15.3. The fourth-order valence-corrected chi connectivity index (χ4v) is 3.36. The normalized spacial score (nSPS) is 29.0. The highest BCUT2D eigenvalue weighted by Gasteiger charge is 2.52. The van der Waals surface area contributed by atoms with E-state index < -0.39 is 0 Å². The van der Waals surface area contributed by atoms with Crippen LogP contribution in [-0.2, 0) is 20.6 Å². The second-order valence-electron chi connectivity index (χ2n) is 8.55. The summed E-state index contributed by atoms with van der Waals surface area (Å²) in [6.45, 7) is 14.4. The van der Waals surface area contributed by atoms with Gasteiger partial charge in [-0.25, -0.2) is 0 Å². The predicted molar refractivity (Wildman–Crippen MR) is 90.7 cm³/mol. The standard InChI is InChI=1S/C17H29BN2O3/c1-15(2)9-13(7-8-21-15)11-20-12-14(10-19-20)18-22-16(3,4)17(5,6)23-18/h10,12-13H,7-9,11H2,1-6H3. The monoisotopic (exact) mass is 320 g/mol. The molecule has 128 valence electrons. The number of hydrogen-bond donors (Lipinski definition) is 0. The Labute approximate surface area is 139 Å². The van der Waals surface area contributed by atoms with Crippen molar-refractivity contribution in [3.63, 3.8) is 0 Å². The predicted octanol–water partition coefficient (Wildman–Crippen LogP) is 2.39. The van der Waals surface area contributed by atoms with Crippen LogP contribution in [0.5, 0.6) is 0 Å². The summed E-state index contributed by atoms with van der Waals surface area (Å²) in [6, 6.07) is 0. The van der Waals surface area contributed by atoms with E-state index in [1.807, 2.05) is 10.9 Å². The van der Waals surface area contributed by atoms with E-state index in [9.17, 15) is 0 Å². The molecule has 1 unspecified atom stereocenters. The van der Waals surface area contributed by atoms with E-state index in [1.54, 1.807) is 0 Å². The van der Waals surface area contributed by atoms with E-state index in [0.717, 1.165) is 31.5 Å². The van der Waals surface area contributed by atoms with Crippen molar-refractivity contribution in [3.8, 4) is 0 Å². The summed E-state index contributed by atoms with van der Waals surface area (Å²) in [5.74, 6) is 0.602. The quantitative estimate of drug-likeness (QED) is 0.802. The van der Waals surface area contributed by atoms with Gasteiger partial charge in [0, 0.05) is 31.0 Å². The third-order valence-corrected chi connectivity index (χ3v) is 5.42. The second-order valence-corrected chi connectivity index (χ2v) is 8.55. The first-order valence-corrected chi connectivity index (χ1v) is 8.60. The van der Waals surface area contributed by atoms with Gasteiger partial charge in [-0.2, -0.15) is 5.10 Å². The SMILES string of the molecule is CC1(C)CC(Cn2cc(B3OC(C)(C)C(C)(C)O3)cn2)CCO1. The van der Waals surface area contributed by atoms with Gasteiger partial charge >= 0.3 is 7.12 Å². The number of ether oxygens (including phenoxy) is 1. The van der Waals surface area contributed by atoms with Crippen molar-refractivity contribution < 1.29 is 14.0 Å². The number of rotatable bonds is 3. The highest BCUT2D eigenvalue weighted by molar-refractivity contribution is 6.61. The van der Waals surface area contributed by atoms with E-state index in [1.165, 1.54) is 0 Å². The second kappa shape index (κ2) is 5.61. The minimum Gasteiger partial charge on any atom is -0.399 e. The van der Waals surface area contributed by atoms with Crippen LogP contribution >= 0.6 is 0 Å². The van der Waals surface area contributed by atoms with Gasteiger partial charge in [0.25, 0.3) is 0 Å². The van der Waals surface area contributed by atoms with Crippen LogP contribution in [0.4, 0.5) is 0 Å². The summed E-state index contributed by atoms with van der Waals surface area (Å²) in [7, 11) is -0.333. The average molecular weight is 320 g/mol. The molecule has 3 heterocycles. The first kappa shape index (κ1) is 17.0. The maximum absolute atomic E-state index is 6.09. The van der Waals surface area contributed by atoms with Gasteiger partial charge in [-0.1, -0.05) is 0 Å². The van der Waals surface area contributed by atoms with Gasteiger partial charge in [-0.05, 0) is 60.3 Å². The maximum Gasteiger partial charge on any atom is 0.498 e. The molecule has 1 aromatic rings. The van der Waals surface area contributed by atoms with Gasteiger partial charge in [-0.3, -0.25) is 4.68 Å². The summed E-state index contributed by atoms with van der Waals surface area (Å²) in [5.41, 5.74) is 0.342. The Bertz CT molecular complexity index is 552. The first-order chi connectivity index (χ1) is 10.6. The fraction of sp³-hybridized carbons (Fsp3) is 0.824. The molecule has 6 heteroatoms. The molecule has 5 nitrogen and oxygen atoms in total. The summed E-state index contributed by atoms with van der Waals surface area (Å²) in [4.78, 5) is 0. The van der Waals surface area contributed by atoms with Crippen LogP contribution in [0.3, 0.4) is 0 Å². The first-order valence-electron chi connectivity index (χ1n) is 8.60. The molecule has 0 amide bonds. The summed E-state index contributed by atoms with van der Waals surface area (Å²) in [6.07, 6.45) is 6.09. The van der Waals surface area contributed by atoms with E-state index >= 15 is 0 Å². The topological polar surface area (TPSA) is 45.5 Å². The average Bonchev–Trinajstić information content (AvgIpc) is 2.91. The summed E-state index contributed by atoms with van der Waals surface area (Å²) < 4.78 is 20.0. The van der Waals surface area contributed by atoms with E-state index in [2.05, 4.69) is 52.8 Å². The van der Waals surface area contributed by atoms with Crippen molar-refractivity contribution >= 4 is 12.6 Å². The molecule has 0 radical (unpaired) electrons. The van der Waals surface area contributed by atoms with Crippen LogP contribution in [0.2, 0.25) is 0 Å². The van der Waals surface area contributed by atoms with E-state index in [4.69, 9.17) is 14.0 Å². The smallest absolute Gasteiger partial charge is 0.399 e. The lowest BCUT2D eigenvalue weighted by Crippen LogP contribution is -2.41. The number of nitrogens with zero attached hydrogens (tertiary/aromatic N) is 2. The van der Waals surface area contributed by atoms with Crippen molar-refractivity contribution in [2.45, 2.75) is 77.7 Å². The fourth-order valence-electron chi connectivity index (χ4n) is 3.36. The summed E-state index contributed by atoms with van der Waals surface area (Å²) in [5, 5.41) is 4.51. The summed E-state index contributed by atoms with van der Waals surface area (Å²) >= 11 is 0. The van der Waals surface area contributed by atoms with Crippen molar-refractivity contribution in [2.75, 3.05) is 6.61 Å². The van der Waals surface area contributed by atoms with Gasteiger partial charge < -0.3 is 14.0 Å². The van der Waals surface area contributed by atoms with Crippen LogP contribution in [0.15, 0.2) is 12.4 Å². The Kier molecular flexibility index (Phi) is 4.14. The molecule has 1 atom stereocenters. The lowest BCUT2D eigenvalue weighted by atomic mass is 9.82. The highest BCUT2D eigenvalue weighted by Crippen LogP contribution is 2.36. The van der Waals surface area contributed by atoms with Crippen LogP contribution in [0, 0.1) is 5.92 Å². The Morgan fingerprint density at radius 2 is 1.83 bits per heavy atom. The molecule has 0 aromatic carbocycles. The molecule has 23 heavy (non-hydrogen) atoms. The van der Waals surface area contributed by atoms with Crippen molar-refractivity contribution in [1.29, 1.82) is 0 Å². The number of hydrogen-bond acceptors (Lipinski definition) is 4. The third-order valence-electron chi connectivity index (χ3n) is 5.42. The molecule has 1 aromatic heterocycles. The minimum absolute atomic E-state index is 0.0232. The largest absolute Gasteiger partial charge is 0.498 e. The molecule has 0 saturated carbocycles. The van der Waals surface area contributed by atoms with Crippen LogP contribution < -0.4 is 5.46 Å². The van der Waals surface area contributed by atoms with Gasteiger partial charge in [0.2, 0.25) is 0 Å². The molecular weight excluding hydrogens is 291 g/mol. The molecule has 3 rings (SSSR count). The molecule has 2 saturated heterocycles. The van der Waals surface area contributed by atoms with Crippen molar-refractivity contribution in [2.24, 2.45) is 5.92 Å². The van der Waals surface area contributed by atoms with Crippen molar-refractivity contribution in [3.05, 3.63) is 12.4 Å². The molecule has 2 fully saturated rings. The van der Waals surface area contributed by atoms with E-state index in [0.29, 0.717) is 5.92 Å². The number of aromatic nitrogens is 2. The van der Waals surface area contributed by atoms with Crippen LogP contribution in [0.1, 0.15) is 54.4 Å². The third kappa shape index (κ3) is 3.49. The van der Waals surface area contributed by atoms with Crippen molar-refractivity contribution in [1.82, 2.24) is 9.78 Å². The lowest BCUT2D eigenvalue weighted by Gasteiger charge is -2.35. The van der Waals surface area contributed by atoms with Crippen LogP contribution in [0.25, 0.3) is 0 Å². The van der Waals surface area contributed by atoms with Gasteiger partial charge in [0.15, 0.2) is 0 Å². The molecule has 0 N–H and O–H groups in total. The highest BCUT2D eigenvalue weighted by atomic mass is 16.7. The molecule has 0 aliphatic carbocycles. The van der Waals surface area contributed by atoms with Gasteiger partial charge in [0.05, 0.1) is 16.8 Å². The minimum atomic E-state index is -0.333. The Morgan fingerprint density at radius 1 is 1.17 bits per heavy atom. The molecule has 0 bridgehead atoms. The zero-order chi connectivity index (χ0) is 16.9. The Balaban J connectivity index is 1.65. The van der Waals surface area contributed by atoms with Crippen LogP contribution in [-0.4, -0.2) is 40.3 Å². The Hall–Kier alpha value is -0.845. The lowest BCUT2D eigenvalue weighted by molar-refractivity contribution is -0.0752. The van der Waals surface area contributed by atoms with Gasteiger partial charge in [0.1, 0.15) is 0 Å². The Morgan fingerprint density at radius 3 is 2.43 bits per heavy atom. The van der Waals surface area contributed by atoms with E-state index in [-0.39, 0.29) is 23.9 Å². The molecule has 0 spiro atoms. The zero-order valence-corrected chi connectivity index (χ0v) is 15.3. The molecular formula is C17H29BN2O3. The molecule has 2 aliphatic heterocycles. The van der Waals surface area contributed by atoms with Gasteiger partial charge in [-0.15, -0.1) is 0 Å².